The molecule has 1 amide bonds. The molecular formula is C31H30N4O5S2. The smallest absolute Gasteiger partial charge is 0.348 e. The number of rotatable bonds is 7. The number of carboxylic acid groups (broad SMARTS) is 1. The van der Waals surface area contributed by atoms with Crippen molar-refractivity contribution >= 4 is 38.9 Å². The van der Waals surface area contributed by atoms with E-state index in [0.717, 1.165) is 59.4 Å². The first-order valence-corrected chi connectivity index (χ1v) is 16.2. The van der Waals surface area contributed by atoms with Gasteiger partial charge in [-0.1, -0.05) is 49.6 Å². The van der Waals surface area contributed by atoms with Gasteiger partial charge >= 0.3 is 5.97 Å². The van der Waals surface area contributed by atoms with Crippen LogP contribution in [0.3, 0.4) is 0 Å². The molecule has 1 saturated heterocycles. The number of aromatic carboxylic acids is 1. The summed E-state index contributed by atoms with van der Waals surface area (Å²) < 4.78 is 28.9. The van der Waals surface area contributed by atoms with Crippen molar-refractivity contribution in [2.75, 3.05) is 18.0 Å². The molecule has 0 unspecified atom stereocenters. The Kier molecular flexibility index (Phi) is 7.89. The van der Waals surface area contributed by atoms with E-state index in [9.17, 15) is 23.1 Å². The number of carbonyl (C=O) groups is 2. The van der Waals surface area contributed by atoms with E-state index in [0.29, 0.717) is 11.4 Å². The molecule has 0 spiro atoms. The van der Waals surface area contributed by atoms with Crippen molar-refractivity contribution in [3.05, 3.63) is 84.1 Å². The molecule has 0 radical (unpaired) electrons. The second kappa shape index (κ2) is 11.7. The lowest BCUT2D eigenvalue weighted by molar-refractivity contribution is -0.121. The van der Waals surface area contributed by atoms with Gasteiger partial charge in [0.1, 0.15) is 9.77 Å². The first-order valence-electron chi connectivity index (χ1n) is 13.9. The Morgan fingerprint density at radius 1 is 0.952 bits per heavy atom. The number of benzene rings is 1. The van der Waals surface area contributed by atoms with E-state index in [1.54, 1.807) is 41.6 Å². The average molecular weight is 603 g/mol. The lowest BCUT2D eigenvalue weighted by Gasteiger charge is -2.44. The van der Waals surface area contributed by atoms with Crippen molar-refractivity contribution in [3.8, 4) is 21.7 Å². The first kappa shape index (κ1) is 28.2. The number of carboxylic acids is 1. The molecule has 6 rings (SSSR count). The minimum absolute atomic E-state index is 0.0112. The van der Waals surface area contributed by atoms with E-state index in [1.807, 2.05) is 30.3 Å². The molecule has 1 N–H and O–H groups in total. The summed E-state index contributed by atoms with van der Waals surface area (Å²) in [6.07, 6.45) is 9.37. The van der Waals surface area contributed by atoms with Crippen LogP contribution in [-0.2, 0) is 14.8 Å². The summed E-state index contributed by atoms with van der Waals surface area (Å²) >= 11 is 1.13. The fourth-order valence-corrected chi connectivity index (χ4v) is 8.32. The molecule has 2 aliphatic rings. The van der Waals surface area contributed by atoms with Crippen molar-refractivity contribution < 1.29 is 23.1 Å². The molecule has 0 bridgehead atoms. The van der Waals surface area contributed by atoms with Crippen LogP contribution in [0.15, 0.2) is 84.1 Å². The third-order valence-electron chi connectivity index (χ3n) is 8.07. The molecule has 216 valence electrons. The van der Waals surface area contributed by atoms with E-state index in [4.69, 9.17) is 0 Å². The van der Waals surface area contributed by atoms with Gasteiger partial charge in [0.25, 0.3) is 0 Å². The van der Waals surface area contributed by atoms with E-state index in [1.165, 1.54) is 16.6 Å². The maximum atomic E-state index is 13.9. The molecule has 4 aromatic rings. The lowest BCUT2D eigenvalue weighted by atomic mass is 9.82. The van der Waals surface area contributed by atoms with Crippen LogP contribution in [0, 0.1) is 5.92 Å². The molecule has 1 aliphatic heterocycles. The number of aromatic nitrogens is 2. The van der Waals surface area contributed by atoms with Crippen molar-refractivity contribution in [2.24, 2.45) is 5.92 Å². The standard InChI is InChI=1S/C31H30N4O5S2/c36-29-20-34(42(39,40)24-11-12-25(33-18-24)21-13-15-32-16-14-21)19-27(22-7-3-1-4-8-22)35(29)26-17-28(41-30(26)31(37)38)23-9-5-2-6-10-23/h2,5-6,9-18,22,27H,1,3-4,7-8,19-20H2,(H,37,38)/t27-/m0/s1. The van der Waals surface area contributed by atoms with Crippen LogP contribution < -0.4 is 4.90 Å². The summed E-state index contributed by atoms with van der Waals surface area (Å²) in [4.78, 5) is 37.1. The highest BCUT2D eigenvalue weighted by molar-refractivity contribution is 7.89. The fraction of sp³-hybridized carbons (Fsp3) is 0.290. The normalized spacial score (nSPS) is 18.7. The predicted octanol–water partition coefficient (Wildman–Crippen LogP) is 5.56. The number of amides is 1. The van der Waals surface area contributed by atoms with Crippen molar-refractivity contribution in [3.63, 3.8) is 0 Å². The van der Waals surface area contributed by atoms with Crippen molar-refractivity contribution in [2.45, 2.75) is 43.0 Å². The van der Waals surface area contributed by atoms with Crippen LogP contribution in [0.1, 0.15) is 41.8 Å². The number of hydrogen-bond donors (Lipinski definition) is 1. The number of sulfonamides is 1. The van der Waals surface area contributed by atoms with Gasteiger partial charge < -0.3 is 10.0 Å². The monoisotopic (exact) mass is 602 g/mol. The Morgan fingerprint density at radius 3 is 2.36 bits per heavy atom. The van der Waals surface area contributed by atoms with Crippen LogP contribution in [-0.4, -0.2) is 58.8 Å². The number of anilines is 1. The van der Waals surface area contributed by atoms with Gasteiger partial charge in [-0.2, -0.15) is 4.31 Å². The molecule has 4 heterocycles. The molecule has 3 aromatic heterocycles. The molecule has 11 heteroatoms. The molecule has 1 aliphatic carbocycles. The maximum Gasteiger partial charge on any atom is 0.348 e. The topological polar surface area (TPSA) is 121 Å². The Balaban J connectivity index is 1.35. The van der Waals surface area contributed by atoms with E-state index >= 15 is 0 Å². The van der Waals surface area contributed by atoms with Crippen LogP contribution in [0.25, 0.3) is 21.7 Å². The SMILES string of the molecule is O=C(O)c1sc(-c2ccccc2)cc1N1C(=O)CN(S(=O)(=O)c2ccc(-c3ccncc3)nc2)C[C@H]1C1CCCCC1. The van der Waals surface area contributed by atoms with Gasteiger partial charge in [-0.3, -0.25) is 14.8 Å². The van der Waals surface area contributed by atoms with Gasteiger partial charge in [0.15, 0.2) is 0 Å². The Hall–Kier alpha value is -3.93. The number of piperazine rings is 1. The van der Waals surface area contributed by atoms with E-state index in [-0.39, 0.29) is 28.8 Å². The summed E-state index contributed by atoms with van der Waals surface area (Å²) in [5, 5.41) is 10.1. The number of nitrogens with zero attached hydrogens (tertiary/aromatic N) is 4. The highest BCUT2D eigenvalue weighted by atomic mass is 32.2. The van der Waals surface area contributed by atoms with Crippen molar-refractivity contribution in [1.29, 1.82) is 0 Å². The molecule has 1 saturated carbocycles. The zero-order valence-corrected chi connectivity index (χ0v) is 24.4. The summed E-state index contributed by atoms with van der Waals surface area (Å²) in [5.41, 5.74) is 2.63. The van der Waals surface area contributed by atoms with Gasteiger partial charge in [-0.25, -0.2) is 13.2 Å². The third kappa shape index (κ3) is 5.47. The second-order valence-electron chi connectivity index (χ2n) is 10.6. The minimum Gasteiger partial charge on any atom is -0.477 e. The fourth-order valence-electron chi connectivity index (χ4n) is 5.98. The third-order valence-corrected chi connectivity index (χ3v) is 11.0. The van der Waals surface area contributed by atoms with Gasteiger partial charge in [0, 0.05) is 35.6 Å². The predicted molar refractivity (Wildman–Crippen MR) is 161 cm³/mol. The lowest BCUT2D eigenvalue weighted by Crippen LogP contribution is -2.60. The van der Waals surface area contributed by atoms with Crippen LogP contribution in [0.2, 0.25) is 0 Å². The number of pyridine rings is 2. The highest BCUT2D eigenvalue weighted by Gasteiger charge is 2.44. The zero-order chi connectivity index (χ0) is 29.3. The quantitative estimate of drug-likeness (QED) is 0.294. The van der Waals surface area contributed by atoms with Gasteiger partial charge in [0.05, 0.1) is 24.0 Å². The van der Waals surface area contributed by atoms with E-state index < -0.39 is 27.9 Å². The Labute approximate surface area is 248 Å². The highest BCUT2D eigenvalue weighted by Crippen LogP contribution is 2.42. The van der Waals surface area contributed by atoms with Gasteiger partial charge in [-0.05, 0) is 54.7 Å². The second-order valence-corrected chi connectivity index (χ2v) is 13.6. The first-order chi connectivity index (χ1) is 20.3. The molecule has 1 aromatic carbocycles. The molecule has 2 fully saturated rings. The zero-order valence-electron chi connectivity index (χ0n) is 22.8. The minimum atomic E-state index is -4.04. The Morgan fingerprint density at radius 2 is 1.69 bits per heavy atom. The van der Waals surface area contributed by atoms with Crippen LogP contribution in [0.4, 0.5) is 5.69 Å². The van der Waals surface area contributed by atoms with Gasteiger partial charge in [0.2, 0.25) is 15.9 Å². The number of hydrogen-bond acceptors (Lipinski definition) is 7. The van der Waals surface area contributed by atoms with Crippen LogP contribution >= 0.6 is 11.3 Å². The number of carbonyl (C=O) groups excluding carboxylic acids is 1. The molecule has 1 atom stereocenters. The summed E-state index contributed by atoms with van der Waals surface area (Å²) in [5.74, 6) is -1.49. The maximum absolute atomic E-state index is 13.9. The summed E-state index contributed by atoms with van der Waals surface area (Å²) in [6, 6.07) is 17.5. The van der Waals surface area contributed by atoms with Gasteiger partial charge in [-0.15, -0.1) is 11.3 Å². The van der Waals surface area contributed by atoms with E-state index in [2.05, 4.69) is 9.97 Å². The average Bonchev–Trinajstić information content (AvgIpc) is 3.47. The molecule has 9 nitrogen and oxygen atoms in total. The largest absolute Gasteiger partial charge is 0.477 e. The number of thiophene rings is 1. The summed E-state index contributed by atoms with van der Waals surface area (Å²) in [6.45, 7) is -0.298. The van der Waals surface area contributed by atoms with Crippen LogP contribution in [0.5, 0.6) is 0 Å². The summed E-state index contributed by atoms with van der Waals surface area (Å²) in [7, 11) is -4.04. The molecule has 42 heavy (non-hydrogen) atoms. The molecular weight excluding hydrogens is 572 g/mol. The Bertz CT molecular complexity index is 1690. The van der Waals surface area contributed by atoms with Crippen molar-refractivity contribution in [1.82, 2.24) is 14.3 Å².